The first-order valence-corrected chi connectivity index (χ1v) is 9.03. The van der Waals surface area contributed by atoms with Gasteiger partial charge in [0.1, 0.15) is 0 Å². The van der Waals surface area contributed by atoms with Gasteiger partial charge < -0.3 is 4.90 Å². The van der Waals surface area contributed by atoms with Crippen molar-refractivity contribution in [2.45, 2.75) is 23.8 Å². The highest BCUT2D eigenvalue weighted by Gasteiger charge is 2.30. The topological polar surface area (TPSA) is 92.3 Å². The summed E-state index contributed by atoms with van der Waals surface area (Å²) in [6.45, 7) is 0. The van der Waals surface area contributed by atoms with Gasteiger partial charge in [-0.3, -0.25) is 14.5 Å². The number of aromatic nitrogens is 2. The van der Waals surface area contributed by atoms with Crippen molar-refractivity contribution in [1.82, 2.24) is 14.9 Å². The normalized spacial score (nSPS) is 14.2. The van der Waals surface area contributed by atoms with Crippen LogP contribution in [0.2, 0.25) is 0 Å². The monoisotopic (exact) mass is 346 g/mol. The number of carbonyl (C=O) groups excluding carboxylic acids is 1. The molecule has 0 atom stereocenters. The average molecular weight is 346 g/mol. The van der Waals surface area contributed by atoms with Gasteiger partial charge in [-0.2, -0.15) is 8.42 Å². The Morgan fingerprint density at radius 1 is 1.17 bits per heavy atom. The third kappa shape index (κ3) is 3.23. The second-order valence-electron chi connectivity index (χ2n) is 5.87. The maximum Gasteiger partial charge on any atom is 0.280 e. The van der Waals surface area contributed by atoms with Crippen LogP contribution >= 0.6 is 0 Å². The van der Waals surface area contributed by atoms with Gasteiger partial charge in [0.2, 0.25) is 0 Å². The molecule has 1 fully saturated rings. The van der Waals surface area contributed by atoms with Gasteiger partial charge in [0, 0.05) is 32.4 Å². The lowest BCUT2D eigenvalue weighted by Crippen LogP contribution is -2.26. The highest BCUT2D eigenvalue weighted by molar-refractivity contribution is 7.92. The molecular weight excluding hydrogens is 328 g/mol. The molecule has 0 saturated heterocycles. The number of nitrogens with zero attached hydrogens (tertiary/aromatic N) is 3. The van der Waals surface area contributed by atoms with E-state index in [4.69, 9.17) is 0 Å². The van der Waals surface area contributed by atoms with E-state index in [0.29, 0.717) is 5.69 Å². The summed E-state index contributed by atoms with van der Waals surface area (Å²) in [5.41, 5.74) is 1.21. The fraction of sp³-hybridized carbons (Fsp3) is 0.312. The van der Waals surface area contributed by atoms with E-state index in [1.54, 1.807) is 32.4 Å². The Morgan fingerprint density at radius 3 is 2.50 bits per heavy atom. The molecule has 2 heterocycles. The Balaban J connectivity index is 1.99. The molecular formula is C16H18N4O3S. The van der Waals surface area contributed by atoms with Crippen molar-refractivity contribution in [3.05, 3.63) is 47.9 Å². The smallest absolute Gasteiger partial charge is 0.280 e. The van der Waals surface area contributed by atoms with Gasteiger partial charge in [0.25, 0.3) is 15.9 Å². The summed E-state index contributed by atoms with van der Waals surface area (Å²) in [6.07, 6.45) is 5.00. The Bertz CT molecular complexity index is 876. The lowest BCUT2D eigenvalue weighted by molar-refractivity contribution is 0.0823. The number of nitrogens with one attached hydrogen (secondary N) is 1. The van der Waals surface area contributed by atoms with E-state index < -0.39 is 15.9 Å². The fourth-order valence-electron chi connectivity index (χ4n) is 2.39. The molecule has 3 rings (SSSR count). The van der Waals surface area contributed by atoms with Gasteiger partial charge in [0.15, 0.2) is 5.03 Å². The number of carbonyl (C=O) groups is 1. The molecule has 0 aliphatic heterocycles. The molecule has 1 amide bonds. The number of rotatable bonds is 5. The molecule has 8 heteroatoms. The van der Waals surface area contributed by atoms with Crippen LogP contribution < -0.4 is 4.72 Å². The molecule has 1 N–H and O–H groups in total. The van der Waals surface area contributed by atoms with E-state index in [9.17, 15) is 13.2 Å². The molecule has 1 saturated carbocycles. The van der Waals surface area contributed by atoms with Crippen LogP contribution in [0, 0.1) is 0 Å². The molecule has 0 unspecified atom stereocenters. The molecule has 24 heavy (non-hydrogen) atoms. The first-order valence-electron chi connectivity index (χ1n) is 7.54. The van der Waals surface area contributed by atoms with Crippen LogP contribution in [0.5, 0.6) is 0 Å². The highest BCUT2D eigenvalue weighted by Crippen LogP contribution is 2.42. The summed E-state index contributed by atoms with van der Waals surface area (Å²) in [6, 6.07) is 6.34. The number of pyridine rings is 2. The lowest BCUT2D eigenvalue weighted by atomic mass is 10.2. The van der Waals surface area contributed by atoms with E-state index in [2.05, 4.69) is 14.7 Å². The third-order valence-electron chi connectivity index (χ3n) is 3.71. The number of hydrogen-bond acceptors (Lipinski definition) is 5. The molecule has 7 nitrogen and oxygen atoms in total. The first-order chi connectivity index (χ1) is 11.4. The van der Waals surface area contributed by atoms with Crippen LogP contribution in [0.25, 0.3) is 0 Å². The predicted octanol–water partition coefficient (Wildman–Crippen LogP) is 1.86. The Hall–Kier alpha value is -2.48. The van der Waals surface area contributed by atoms with E-state index in [0.717, 1.165) is 18.5 Å². The summed E-state index contributed by atoms with van der Waals surface area (Å²) in [5.74, 6) is -0.132. The Kier molecular flexibility index (Phi) is 4.23. The molecule has 1 aliphatic carbocycles. The van der Waals surface area contributed by atoms with E-state index in [1.165, 1.54) is 23.2 Å². The maximum absolute atomic E-state index is 12.8. The molecule has 0 radical (unpaired) electrons. The first kappa shape index (κ1) is 16.4. The van der Waals surface area contributed by atoms with Gasteiger partial charge in [-0.15, -0.1) is 0 Å². The zero-order chi connectivity index (χ0) is 17.3. The minimum Gasteiger partial charge on any atom is -0.345 e. The second-order valence-corrected chi connectivity index (χ2v) is 7.47. The summed E-state index contributed by atoms with van der Waals surface area (Å²) < 4.78 is 28.1. The zero-order valence-electron chi connectivity index (χ0n) is 13.4. The minimum absolute atomic E-state index is 0.0341. The van der Waals surface area contributed by atoms with Gasteiger partial charge in [-0.1, -0.05) is 0 Å². The van der Waals surface area contributed by atoms with Gasteiger partial charge in [0.05, 0.1) is 16.9 Å². The van der Waals surface area contributed by atoms with Crippen molar-refractivity contribution < 1.29 is 13.2 Å². The molecule has 1 aliphatic rings. The molecule has 126 valence electrons. The standard InChI is InChI=1S/C16H18N4O3S/c1-20(2)16(21)12-5-3-10-18-15(12)24(22,23)19-13-6-4-9-17-14(13)11-7-8-11/h3-6,9-11,19H,7-8H2,1-2H3. The summed E-state index contributed by atoms with van der Waals surface area (Å²) in [4.78, 5) is 21.7. The van der Waals surface area contributed by atoms with Gasteiger partial charge in [-0.05, 0) is 37.1 Å². The number of anilines is 1. The van der Waals surface area contributed by atoms with Crippen LogP contribution in [0.1, 0.15) is 34.8 Å². The Labute approximate surface area is 140 Å². The van der Waals surface area contributed by atoms with Crippen LogP contribution in [0.3, 0.4) is 0 Å². The average Bonchev–Trinajstić information content (AvgIpc) is 3.39. The minimum atomic E-state index is -4.00. The molecule has 0 aromatic carbocycles. The fourth-order valence-corrected chi connectivity index (χ4v) is 3.59. The third-order valence-corrected chi connectivity index (χ3v) is 5.03. The van der Waals surface area contributed by atoms with E-state index in [1.807, 2.05) is 0 Å². The highest BCUT2D eigenvalue weighted by atomic mass is 32.2. The summed E-state index contributed by atoms with van der Waals surface area (Å²) in [7, 11) is -0.877. The Morgan fingerprint density at radius 2 is 1.83 bits per heavy atom. The number of sulfonamides is 1. The van der Waals surface area contributed by atoms with Crippen molar-refractivity contribution in [1.29, 1.82) is 0 Å². The summed E-state index contributed by atoms with van der Waals surface area (Å²) in [5, 5.41) is -0.283. The van der Waals surface area contributed by atoms with Crippen molar-refractivity contribution in [3.8, 4) is 0 Å². The molecule has 2 aromatic rings. The predicted molar refractivity (Wildman–Crippen MR) is 89.3 cm³/mol. The molecule has 0 spiro atoms. The SMILES string of the molecule is CN(C)C(=O)c1cccnc1S(=O)(=O)Nc1cccnc1C1CC1. The van der Waals surface area contributed by atoms with Crippen molar-refractivity contribution >= 4 is 21.6 Å². The van der Waals surface area contributed by atoms with Crippen LogP contribution in [0.4, 0.5) is 5.69 Å². The largest absolute Gasteiger partial charge is 0.345 e. The lowest BCUT2D eigenvalue weighted by Gasteiger charge is -2.15. The molecule has 0 bridgehead atoms. The van der Waals surface area contributed by atoms with Gasteiger partial charge >= 0.3 is 0 Å². The van der Waals surface area contributed by atoms with Crippen molar-refractivity contribution in [2.24, 2.45) is 0 Å². The second kappa shape index (κ2) is 6.20. The zero-order valence-corrected chi connectivity index (χ0v) is 14.2. The number of amides is 1. The number of hydrogen-bond donors (Lipinski definition) is 1. The van der Waals surface area contributed by atoms with Crippen LogP contribution in [0.15, 0.2) is 41.7 Å². The van der Waals surface area contributed by atoms with Gasteiger partial charge in [-0.25, -0.2) is 4.98 Å². The molecule has 2 aromatic heterocycles. The van der Waals surface area contributed by atoms with E-state index >= 15 is 0 Å². The van der Waals surface area contributed by atoms with Crippen LogP contribution in [-0.2, 0) is 10.0 Å². The van der Waals surface area contributed by atoms with E-state index in [-0.39, 0.29) is 16.5 Å². The quantitative estimate of drug-likeness (QED) is 0.892. The maximum atomic E-state index is 12.8. The van der Waals surface area contributed by atoms with Crippen LogP contribution in [-0.4, -0.2) is 43.3 Å². The van der Waals surface area contributed by atoms with Crippen molar-refractivity contribution in [2.75, 3.05) is 18.8 Å². The van der Waals surface area contributed by atoms with Crippen molar-refractivity contribution in [3.63, 3.8) is 0 Å². The summed E-state index contributed by atoms with van der Waals surface area (Å²) >= 11 is 0.